The molecule has 0 spiro atoms. The summed E-state index contributed by atoms with van der Waals surface area (Å²) in [6.07, 6.45) is 4.45. The first-order chi connectivity index (χ1) is 14.3. The summed E-state index contributed by atoms with van der Waals surface area (Å²) in [6, 6.07) is 27.1. The van der Waals surface area contributed by atoms with Crippen LogP contribution in [0.4, 0.5) is 5.69 Å². The maximum atomic E-state index is 13.4. The van der Waals surface area contributed by atoms with E-state index >= 15 is 0 Å². The molecule has 0 bridgehead atoms. The predicted octanol–water partition coefficient (Wildman–Crippen LogP) is 6.53. The van der Waals surface area contributed by atoms with Crippen molar-refractivity contribution in [2.24, 2.45) is 0 Å². The Kier molecular flexibility index (Phi) is 5.11. The number of aryl methyl sites for hydroxylation is 1. The number of hydrogen-bond acceptors (Lipinski definition) is 1. The van der Waals surface area contributed by atoms with Gasteiger partial charge in [0.15, 0.2) is 0 Å². The number of fused-ring (bicyclic) bond motifs is 1. The van der Waals surface area contributed by atoms with Crippen molar-refractivity contribution in [2.75, 3.05) is 4.90 Å². The van der Waals surface area contributed by atoms with E-state index in [-0.39, 0.29) is 16.9 Å². The Bertz CT molecular complexity index is 1080. The minimum Gasteiger partial charge on any atom is -0.303 e. The van der Waals surface area contributed by atoms with Crippen LogP contribution < -0.4 is 4.90 Å². The number of carbonyl (C=O) groups excluding carboxylic acids is 1. The van der Waals surface area contributed by atoms with E-state index in [1.165, 1.54) is 16.7 Å². The molecule has 1 amide bonds. The van der Waals surface area contributed by atoms with E-state index in [0.29, 0.717) is 0 Å². The molecule has 2 nitrogen and oxygen atoms in total. The van der Waals surface area contributed by atoms with Crippen molar-refractivity contribution in [1.29, 1.82) is 0 Å². The van der Waals surface area contributed by atoms with Crippen LogP contribution in [0, 0.1) is 6.92 Å². The summed E-state index contributed by atoms with van der Waals surface area (Å²) in [5, 5.41) is 0. The van der Waals surface area contributed by atoms with E-state index in [0.717, 1.165) is 17.7 Å². The molecule has 1 heterocycles. The molecule has 3 aromatic carbocycles. The minimum absolute atomic E-state index is 0.0177. The fourth-order valence-electron chi connectivity index (χ4n) is 4.94. The van der Waals surface area contributed by atoms with Crippen molar-refractivity contribution in [3.63, 3.8) is 0 Å². The molecule has 30 heavy (non-hydrogen) atoms. The summed E-state index contributed by atoms with van der Waals surface area (Å²) in [5.74, 6) is 0.0177. The number of amides is 1. The second-order valence-electron chi connectivity index (χ2n) is 9.13. The van der Waals surface area contributed by atoms with Gasteiger partial charge in [-0.1, -0.05) is 85.3 Å². The van der Waals surface area contributed by atoms with Gasteiger partial charge >= 0.3 is 0 Å². The Morgan fingerprint density at radius 3 is 2.20 bits per heavy atom. The molecule has 0 saturated carbocycles. The summed E-state index contributed by atoms with van der Waals surface area (Å²) in [5.41, 5.74) is 5.26. The van der Waals surface area contributed by atoms with E-state index in [1.807, 2.05) is 41.3 Å². The van der Waals surface area contributed by atoms with Gasteiger partial charge in [0.05, 0.1) is 0 Å². The molecule has 152 valence electrons. The van der Waals surface area contributed by atoms with Crippen LogP contribution in [0.2, 0.25) is 0 Å². The Morgan fingerprint density at radius 2 is 1.53 bits per heavy atom. The van der Waals surface area contributed by atoms with E-state index in [1.54, 1.807) is 6.08 Å². The van der Waals surface area contributed by atoms with Crippen LogP contribution in [0.3, 0.4) is 0 Å². The lowest BCUT2D eigenvalue weighted by molar-refractivity contribution is -0.115. The van der Waals surface area contributed by atoms with Crippen LogP contribution in [0.15, 0.2) is 84.9 Å². The van der Waals surface area contributed by atoms with Gasteiger partial charge in [-0.3, -0.25) is 4.79 Å². The molecule has 1 unspecified atom stereocenters. The Labute approximate surface area is 179 Å². The average Bonchev–Trinajstić information content (AvgIpc) is 2.73. The Balaban J connectivity index is 1.81. The number of hydrogen-bond donors (Lipinski definition) is 0. The Morgan fingerprint density at radius 1 is 0.900 bits per heavy atom. The zero-order valence-corrected chi connectivity index (χ0v) is 18.2. The van der Waals surface area contributed by atoms with Crippen molar-refractivity contribution in [3.8, 4) is 0 Å². The first-order valence-corrected chi connectivity index (χ1v) is 10.6. The van der Waals surface area contributed by atoms with E-state index in [9.17, 15) is 4.79 Å². The van der Waals surface area contributed by atoms with Crippen LogP contribution in [0.25, 0.3) is 6.08 Å². The van der Waals surface area contributed by atoms with Gasteiger partial charge in [-0.05, 0) is 56.0 Å². The fourth-order valence-corrected chi connectivity index (χ4v) is 4.94. The highest BCUT2D eigenvalue weighted by Gasteiger charge is 2.47. The zero-order chi connectivity index (χ0) is 21.4. The summed E-state index contributed by atoms with van der Waals surface area (Å²) in [7, 11) is 0. The van der Waals surface area contributed by atoms with E-state index in [2.05, 4.69) is 76.2 Å². The number of rotatable bonds is 3. The third-order valence-electron chi connectivity index (χ3n) is 6.23. The molecule has 0 fully saturated rings. The van der Waals surface area contributed by atoms with Crippen molar-refractivity contribution in [3.05, 3.63) is 107 Å². The van der Waals surface area contributed by atoms with Gasteiger partial charge in [0.2, 0.25) is 0 Å². The molecule has 0 N–H and O–H groups in total. The first kappa shape index (κ1) is 20.2. The van der Waals surface area contributed by atoms with Crippen LogP contribution in [0.1, 0.15) is 49.4 Å². The maximum absolute atomic E-state index is 13.4. The van der Waals surface area contributed by atoms with Crippen LogP contribution in [-0.4, -0.2) is 11.4 Å². The molecule has 1 atom stereocenters. The van der Waals surface area contributed by atoms with Crippen molar-refractivity contribution in [1.82, 2.24) is 0 Å². The predicted molar refractivity (Wildman–Crippen MR) is 126 cm³/mol. The van der Waals surface area contributed by atoms with Gasteiger partial charge in [0.25, 0.3) is 5.91 Å². The molecule has 0 aliphatic carbocycles. The lowest BCUT2D eigenvalue weighted by Crippen LogP contribution is -2.55. The minimum atomic E-state index is -0.328. The lowest BCUT2D eigenvalue weighted by Gasteiger charge is -2.51. The second-order valence-corrected chi connectivity index (χ2v) is 9.13. The number of anilines is 1. The molecule has 0 aromatic heterocycles. The third kappa shape index (κ3) is 3.59. The SMILES string of the molecule is Cc1ccc2c(c1)C(C)(c1ccccc1)CC(C)(C)N2C(=O)C=Cc1ccccc1. The van der Waals surface area contributed by atoms with Gasteiger partial charge < -0.3 is 4.90 Å². The molecule has 2 heteroatoms. The summed E-state index contributed by atoms with van der Waals surface area (Å²) in [4.78, 5) is 15.4. The second kappa shape index (κ2) is 7.60. The standard InChI is InChI=1S/C28H29NO/c1-21-15-17-25-24(19-21)28(4,23-13-9-6-10-14-23)20-27(2,3)29(25)26(30)18-16-22-11-7-5-8-12-22/h5-19H,20H2,1-4H3. The number of nitrogens with zero attached hydrogens (tertiary/aromatic N) is 1. The molecule has 1 aliphatic heterocycles. The van der Waals surface area contributed by atoms with Gasteiger partial charge in [0.1, 0.15) is 0 Å². The lowest BCUT2D eigenvalue weighted by atomic mass is 9.65. The smallest absolute Gasteiger partial charge is 0.251 e. The van der Waals surface area contributed by atoms with Crippen molar-refractivity contribution in [2.45, 2.75) is 45.1 Å². The quantitative estimate of drug-likeness (QED) is 0.462. The highest BCUT2D eigenvalue weighted by Crippen LogP contribution is 2.50. The van der Waals surface area contributed by atoms with Gasteiger partial charge in [-0.15, -0.1) is 0 Å². The molecular weight excluding hydrogens is 366 g/mol. The Hall–Kier alpha value is -3.13. The fraction of sp³-hybridized carbons (Fsp3) is 0.250. The molecule has 0 saturated heterocycles. The monoisotopic (exact) mass is 395 g/mol. The topological polar surface area (TPSA) is 20.3 Å². The van der Waals surface area contributed by atoms with Gasteiger partial charge in [-0.2, -0.15) is 0 Å². The normalized spacial score (nSPS) is 20.2. The zero-order valence-electron chi connectivity index (χ0n) is 18.2. The molecular formula is C28H29NO. The average molecular weight is 396 g/mol. The summed E-state index contributed by atoms with van der Waals surface area (Å²) >= 11 is 0. The number of benzene rings is 3. The number of carbonyl (C=O) groups is 1. The highest BCUT2D eigenvalue weighted by molar-refractivity contribution is 6.06. The largest absolute Gasteiger partial charge is 0.303 e. The van der Waals surface area contributed by atoms with Crippen LogP contribution in [0.5, 0.6) is 0 Å². The van der Waals surface area contributed by atoms with Gasteiger partial charge in [-0.25, -0.2) is 0 Å². The molecule has 0 radical (unpaired) electrons. The third-order valence-corrected chi connectivity index (χ3v) is 6.23. The van der Waals surface area contributed by atoms with Crippen LogP contribution in [-0.2, 0) is 10.2 Å². The van der Waals surface area contributed by atoms with Crippen molar-refractivity contribution < 1.29 is 4.79 Å². The van der Waals surface area contributed by atoms with Crippen molar-refractivity contribution >= 4 is 17.7 Å². The molecule has 3 aromatic rings. The van der Waals surface area contributed by atoms with E-state index in [4.69, 9.17) is 0 Å². The highest BCUT2D eigenvalue weighted by atomic mass is 16.2. The first-order valence-electron chi connectivity index (χ1n) is 10.6. The van der Waals surface area contributed by atoms with Gasteiger partial charge in [0, 0.05) is 22.7 Å². The molecule has 1 aliphatic rings. The van der Waals surface area contributed by atoms with Crippen LogP contribution >= 0.6 is 0 Å². The summed E-state index contributed by atoms with van der Waals surface area (Å²) < 4.78 is 0. The van der Waals surface area contributed by atoms with E-state index < -0.39 is 0 Å². The maximum Gasteiger partial charge on any atom is 0.251 e. The summed E-state index contributed by atoms with van der Waals surface area (Å²) in [6.45, 7) is 8.77. The molecule has 4 rings (SSSR count).